The minimum absolute atomic E-state index is 0.00713. The Morgan fingerprint density at radius 1 is 1.05 bits per heavy atom. The number of nitrogens with one attached hydrogen (secondary N) is 1. The molecule has 0 aromatic heterocycles. The van der Waals surface area contributed by atoms with E-state index in [0.29, 0.717) is 5.75 Å². The van der Waals surface area contributed by atoms with Crippen LogP contribution in [-0.2, 0) is 14.3 Å². The van der Waals surface area contributed by atoms with Crippen molar-refractivity contribution in [3.63, 3.8) is 0 Å². The van der Waals surface area contributed by atoms with Crippen molar-refractivity contribution in [2.75, 3.05) is 19.7 Å². The number of nitrogens with zero attached hydrogens (tertiary/aromatic N) is 1. The molecule has 2 N–H and O–H groups in total. The van der Waals surface area contributed by atoms with Crippen molar-refractivity contribution in [3.8, 4) is 11.5 Å². The maximum absolute atomic E-state index is 14.0. The van der Waals surface area contributed by atoms with Gasteiger partial charge in [0.2, 0.25) is 17.5 Å². The van der Waals surface area contributed by atoms with Crippen molar-refractivity contribution < 1.29 is 51.3 Å². The molecule has 9 nitrogen and oxygen atoms in total. The van der Waals surface area contributed by atoms with Crippen LogP contribution in [-0.4, -0.2) is 65.4 Å². The second kappa shape index (κ2) is 13.9. The zero-order valence-electron chi connectivity index (χ0n) is 23.7. The number of halogens is 4. The molecule has 42 heavy (non-hydrogen) atoms. The number of aliphatic hydroxyl groups excluding tert-OH is 1. The van der Waals surface area contributed by atoms with E-state index < -0.39 is 83.7 Å². The molecule has 13 heteroatoms. The van der Waals surface area contributed by atoms with Gasteiger partial charge in [0.25, 0.3) is 0 Å². The van der Waals surface area contributed by atoms with Crippen LogP contribution in [0.1, 0.15) is 45.6 Å². The van der Waals surface area contributed by atoms with Crippen molar-refractivity contribution in [1.82, 2.24) is 10.2 Å². The van der Waals surface area contributed by atoms with Crippen LogP contribution >= 0.6 is 0 Å². The van der Waals surface area contributed by atoms with Crippen molar-refractivity contribution in [3.05, 3.63) is 59.2 Å². The van der Waals surface area contributed by atoms with E-state index in [-0.39, 0.29) is 32.0 Å². The summed E-state index contributed by atoms with van der Waals surface area (Å²) in [6, 6.07) is 5.68. The number of likely N-dealkylation sites (tertiary alicyclic amines) is 1. The Labute approximate surface area is 240 Å². The predicted molar refractivity (Wildman–Crippen MR) is 142 cm³/mol. The lowest BCUT2D eigenvalue weighted by molar-refractivity contribution is -0.156. The van der Waals surface area contributed by atoms with Gasteiger partial charge in [-0.1, -0.05) is 18.2 Å². The molecule has 0 radical (unpaired) electrons. The average Bonchev–Trinajstić information content (AvgIpc) is 2.91. The standard InChI is InChI=1S/C29H34F4N2O7/c1-16-7-5-6-8-22(16)41-28(39)35-11-9-17(10-12-35)27(38)34-20(14-23(37)42-29(2,3)4)21(36)15-40-26-24(32)18(30)13-19(31)25(26)33/h5-8,13,17,20-21,36H,9-12,14-15H2,1-4H3,(H,34,38)/t20-,21?/m0/s1. The van der Waals surface area contributed by atoms with Crippen molar-refractivity contribution in [2.45, 2.75) is 64.7 Å². The van der Waals surface area contributed by atoms with Crippen molar-refractivity contribution >= 4 is 18.0 Å². The van der Waals surface area contributed by atoms with Crippen molar-refractivity contribution in [1.29, 1.82) is 0 Å². The molecule has 1 fully saturated rings. The number of ether oxygens (including phenoxy) is 3. The molecule has 1 aliphatic rings. The van der Waals surface area contributed by atoms with E-state index in [2.05, 4.69) is 5.32 Å². The van der Waals surface area contributed by atoms with Gasteiger partial charge in [0.1, 0.15) is 24.1 Å². The third-order valence-corrected chi connectivity index (χ3v) is 6.48. The quantitative estimate of drug-likeness (QED) is 0.250. The summed E-state index contributed by atoms with van der Waals surface area (Å²) in [5.74, 6) is -9.93. The predicted octanol–water partition coefficient (Wildman–Crippen LogP) is 4.42. The number of piperidine rings is 1. The van der Waals surface area contributed by atoms with Crippen LogP contribution in [0.5, 0.6) is 11.5 Å². The minimum Gasteiger partial charge on any atom is -0.485 e. The lowest BCUT2D eigenvalue weighted by Crippen LogP contribution is -2.51. The molecule has 1 saturated heterocycles. The summed E-state index contributed by atoms with van der Waals surface area (Å²) in [7, 11) is 0. The van der Waals surface area contributed by atoms with E-state index in [1.54, 1.807) is 45.9 Å². The summed E-state index contributed by atoms with van der Waals surface area (Å²) in [6.45, 7) is 6.12. The molecule has 230 valence electrons. The van der Waals surface area contributed by atoms with Gasteiger partial charge in [-0.15, -0.1) is 0 Å². The molecule has 0 aliphatic carbocycles. The summed E-state index contributed by atoms with van der Waals surface area (Å²) < 4.78 is 70.6. The molecule has 2 aromatic carbocycles. The van der Waals surface area contributed by atoms with Gasteiger partial charge in [-0.05, 0) is 52.2 Å². The van der Waals surface area contributed by atoms with Crippen LogP contribution in [0, 0.1) is 36.1 Å². The highest BCUT2D eigenvalue weighted by Crippen LogP contribution is 2.27. The number of benzene rings is 2. The molecule has 0 bridgehead atoms. The molecule has 2 atom stereocenters. The average molecular weight is 599 g/mol. The lowest BCUT2D eigenvalue weighted by atomic mass is 9.95. The largest absolute Gasteiger partial charge is 0.485 e. The van der Waals surface area contributed by atoms with Crippen molar-refractivity contribution in [2.24, 2.45) is 5.92 Å². The highest BCUT2D eigenvalue weighted by molar-refractivity contribution is 5.80. The van der Waals surface area contributed by atoms with Crippen LogP contribution in [0.3, 0.4) is 0 Å². The van der Waals surface area contributed by atoms with E-state index in [9.17, 15) is 37.1 Å². The maximum atomic E-state index is 14.0. The SMILES string of the molecule is Cc1ccccc1OC(=O)N1CCC(C(=O)N[C@@H](CC(=O)OC(C)(C)C)C(O)COc2c(F)c(F)cc(F)c2F)CC1. The Balaban J connectivity index is 1.64. The number of esters is 1. The number of rotatable bonds is 9. The smallest absolute Gasteiger partial charge is 0.415 e. The molecule has 3 rings (SSSR count). The second-order valence-electron chi connectivity index (χ2n) is 11.0. The topological polar surface area (TPSA) is 114 Å². The van der Waals surface area contributed by atoms with Crippen LogP contribution in [0.15, 0.2) is 30.3 Å². The maximum Gasteiger partial charge on any atom is 0.415 e. The fourth-order valence-electron chi connectivity index (χ4n) is 4.26. The fraction of sp³-hybridized carbons (Fsp3) is 0.483. The van der Waals surface area contributed by atoms with E-state index in [0.717, 1.165) is 5.56 Å². The van der Waals surface area contributed by atoms with Gasteiger partial charge in [-0.25, -0.2) is 13.6 Å². The number of amides is 2. The Kier molecular flexibility index (Phi) is 10.8. The van der Waals surface area contributed by atoms with Gasteiger partial charge in [0.05, 0.1) is 12.5 Å². The zero-order chi connectivity index (χ0) is 31.2. The first-order valence-corrected chi connectivity index (χ1v) is 13.3. The first-order chi connectivity index (χ1) is 19.7. The molecule has 1 heterocycles. The summed E-state index contributed by atoms with van der Waals surface area (Å²) >= 11 is 0. The number of hydrogen-bond acceptors (Lipinski definition) is 7. The van der Waals surface area contributed by atoms with Gasteiger partial charge in [0.15, 0.2) is 17.4 Å². The van der Waals surface area contributed by atoms with Gasteiger partial charge in [0, 0.05) is 25.1 Å². The molecule has 1 unspecified atom stereocenters. The van der Waals surface area contributed by atoms with Crippen LogP contribution in [0.2, 0.25) is 0 Å². The number of carbonyl (C=O) groups is 3. The number of aryl methyl sites for hydroxylation is 1. The van der Waals surface area contributed by atoms with Crippen LogP contribution < -0.4 is 14.8 Å². The van der Waals surface area contributed by atoms with Crippen LogP contribution in [0.25, 0.3) is 0 Å². The first-order valence-electron chi connectivity index (χ1n) is 13.3. The Morgan fingerprint density at radius 2 is 1.64 bits per heavy atom. The normalized spacial score (nSPS) is 15.5. The Hall–Kier alpha value is -3.87. The van der Waals surface area contributed by atoms with E-state index in [4.69, 9.17) is 14.2 Å². The van der Waals surface area contributed by atoms with E-state index >= 15 is 0 Å². The van der Waals surface area contributed by atoms with E-state index in [1.165, 1.54) is 4.90 Å². The highest BCUT2D eigenvalue weighted by Gasteiger charge is 2.33. The third-order valence-electron chi connectivity index (χ3n) is 6.48. The summed E-state index contributed by atoms with van der Waals surface area (Å²) in [6.07, 6.45) is -2.35. The first kappa shape index (κ1) is 32.6. The number of aliphatic hydroxyl groups is 1. The number of hydrogen-bond donors (Lipinski definition) is 2. The molecular weight excluding hydrogens is 564 g/mol. The van der Waals surface area contributed by atoms with Gasteiger partial charge in [-0.2, -0.15) is 8.78 Å². The molecule has 1 aliphatic heterocycles. The summed E-state index contributed by atoms with van der Waals surface area (Å²) in [4.78, 5) is 39.6. The fourth-order valence-corrected chi connectivity index (χ4v) is 4.26. The summed E-state index contributed by atoms with van der Waals surface area (Å²) in [5.41, 5.74) is -0.107. The minimum atomic E-state index is -1.80. The van der Waals surface area contributed by atoms with Gasteiger partial charge >= 0.3 is 12.1 Å². The molecule has 0 saturated carbocycles. The Bertz CT molecular complexity index is 1270. The van der Waals surface area contributed by atoms with Gasteiger partial charge < -0.3 is 29.5 Å². The number of para-hydroxylation sites is 1. The van der Waals surface area contributed by atoms with Gasteiger partial charge in [-0.3, -0.25) is 9.59 Å². The lowest BCUT2D eigenvalue weighted by Gasteiger charge is -2.32. The van der Waals surface area contributed by atoms with Crippen LogP contribution in [0.4, 0.5) is 22.4 Å². The third kappa shape index (κ3) is 8.81. The monoisotopic (exact) mass is 598 g/mol. The highest BCUT2D eigenvalue weighted by atomic mass is 19.2. The second-order valence-corrected chi connectivity index (χ2v) is 11.0. The Morgan fingerprint density at radius 3 is 2.21 bits per heavy atom. The summed E-state index contributed by atoms with van der Waals surface area (Å²) in [5, 5.41) is 13.3. The molecule has 2 amide bonds. The zero-order valence-corrected chi connectivity index (χ0v) is 23.7. The molecule has 2 aromatic rings. The number of carbonyl (C=O) groups excluding carboxylic acids is 3. The molecular formula is C29H34F4N2O7. The molecule has 0 spiro atoms. The van der Waals surface area contributed by atoms with E-state index in [1.807, 2.05) is 6.07 Å².